The van der Waals surface area contributed by atoms with Gasteiger partial charge < -0.3 is 10.1 Å². The summed E-state index contributed by atoms with van der Waals surface area (Å²) in [6, 6.07) is 12.4. The molecular weight excluding hydrogens is 304 g/mol. The Labute approximate surface area is 122 Å². The number of halogens is 1. The summed E-state index contributed by atoms with van der Waals surface area (Å²) in [5.41, 5.74) is 2.27. The van der Waals surface area contributed by atoms with Crippen LogP contribution in [0.15, 0.2) is 47.1 Å². The van der Waals surface area contributed by atoms with Gasteiger partial charge in [0.05, 0.1) is 12.8 Å². The molecule has 1 heterocycles. The monoisotopic (exact) mass is 320 g/mol. The molecular formula is C15H17BrN2O. The molecule has 0 unspecified atom stereocenters. The fourth-order valence-electron chi connectivity index (χ4n) is 1.78. The average molecular weight is 321 g/mol. The lowest BCUT2D eigenvalue weighted by Gasteiger charge is -2.14. The van der Waals surface area contributed by atoms with Crippen LogP contribution in [0, 0.1) is 0 Å². The van der Waals surface area contributed by atoms with Gasteiger partial charge in [-0.2, -0.15) is 0 Å². The van der Waals surface area contributed by atoms with Crippen molar-refractivity contribution in [3.8, 4) is 5.75 Å². The van der Waals surface area contributed by atoms with E-state index in [1.54, 1.807) is 7.11 Å². The maximum atomic E-state index is 5.15. The van der Waals surface area contributed by atoms with Crippen LogP contribution in [-0.4, -0.2) is 12.1 Å². The summed E-state index contributed by atoms with van der Waals surface area (Å²) in [5.74, 6) is 0.880. The predicted molar refractivity (Wildman–Crippen MR) is 80.2 cm³/mol. The van der Waals surface area contributed by atoms with Crippen molar-refractivity contribution in [1.82, 2.24) is 10.3 Å². The van der Waals surface area contributed by atoms with Crippen molar-refractivity contribution >= 4 is 15.9 Å². The Bertz CT molecular complexity index is 511. The Morgan fingerprint density at radius 1 is 1.21 bits per heavy atom. The van der Waals surface area contributed by atoms with Gasteiger partial charge in [0.2, 0.25) is 0 Å². The lowest BCUT2D eigenvalue weighted by Crippen LogP contribution is -2.18. The number of hydrogen-bond acceptors (Lipinski definition) is 3. The summed E-state index contributed by atoms with van der Waals surface area (Å²) in [7, 11) is 1.68. The molecule has 0 spiro atoms. The molecule has 0 radical (unpaired) electrons. The van der Waals surface area contributed by atoms with Crippen molar-refractivity contribution in [2.75, 3.05) is 7.11 Å². The number of methoxy groups -OCH3 is 1. The van der Waals surface area contributed by atoms with Crippen LogP contribution in [0.1, 0.15) is 24.2 Å². The second-order valence-electron chi connectivity index (χ2n) is 4.34. The van der Waals surface area contributed by atoms with Crippen LogP contribution >= 0.6 is 15.9 Å². The molecule has 0 bridgehead atoms. The van der Waals surface area contributed by atoms with Crippen LogP contribution in [-0.2, 0) is 6.54 Å². The van der Waals surface area contributed by atoms with Crippen LogP contribution in [0.3, 0.4) is 0 Å². The highest BCUT2D eigenvalue weighted by molar-refractivity contribution is 9.10. The van der Waals surface area contributed by atoms with Gasteiger partial charge >= 0.3 is 0 Å². The molecule has 0 saturated heterocycles. The van der Waals surface area contributed by atoms with Gasteiger partial charge in [0.25, 0.3) is 0 Å². The summed E-state index contributed by atoms with van der Waals surface area (Å²) in [6.07, 6.45) is 1.81. The minimum Gasteiger partial charge on any atom is -0.497 e. The first-order valence-corrected chi connectivity index (χ1v) is 6.96. The van der Waals surface area contributed by atoms with E-state index in [9.17, 15) is 0 Å². The Hall–Kier alpha value is -1.39. The van der Waals surface area contributed by atoms with Gasteiger partial charge in [0, 0.05) is 23.3 Å². The predicted octanol–water partition coefficient (Wildman–Crippen LogP) is 3.70. The third kappa shape index (κ3) is 4.04. The molecule has 100 valence electrons. The van der Waals surface area contributed by atoms with E-state index in [0.29, 0.717) is 0 Å². The second-order valence-corrected chi connectivity index (χ2v) is 5.26. The Morgan fingerprint density at radius 3 is 2.53 bits per heavy atom. The van der Waals surface area contributed by atoms with Crippen LogP contribution < -0.4 is 10.1 Å². The van der Waals surface area contributed by atoms with E-state index in [1.165, 1.54) is 5.56 Å². The molecule has 4 heteroatoms. The van der Waals surface area contributed by atoms with Crippen molar-refractivity contribution in [3.05, 3.63) is 58.3 Å². The largest absolute Gasteiger partial charge is 0.497 e. The zero-order valence-corrected chi connectivity index (χ0v) is 12.6. The number of hydrogen-bond donors (Lipinski definition) is 1. The number of ether oxygens (including phenoxy) is 1. The average Bonchev–Trinajstić information content (AvgIpc) is 2.46. The lowest BCUT2D eigenvalue weighted by atomic mass is 10.1. The minimum absolute atomic E-state index is 0.274. The Morgan fingerprint density at radius 2 is 1.95 bits per heavy atom. The van der Waals surface area contributed by atoms with E-state index in [-0.39, 0.29) is 6.04 Å². The van der Waals surface area contributed by atoms with Crippen LogP contribution in [0.5, 0.6) is 5.75 Å². The summed E-state index contributed by atoms with van der Waals surface area (Å²) in [6.45, 7) is 2.89. The fourth-order valence-corrected chi connectivity index (χ4v) is 2.01. The van der Waals surface area contributed by atoms with Gasteiger partial charge in [-0.25, -0.2) is 0 Å². The van der Waals surface area contributed by atoms with Crippen molar-refractivity contribution < 1.29 is 4.74 Å². The SMILES string of the molecule is COc1ccc([C@H](C)NCc2ccc(Br)cn2)cc1. The maximum absolute atomic E-state index is 5.15. The van der Waals surface area contributed by atoms with Gasteiger partial charge in [0.15, 0.2) is 0 Å². The first kappa shape index (κ1) is 14.0. The number of aromatic nitrogens is 1. The van der Waals surface area contributed by atoms with Gasteiger partial charge in [-0.1, -0.05) is 12.1 Å². The third-order valence-electron chi connectivity index (χ3n) is 2.99. The number of benzene rings is 1. The molecule has 0 aliphatic rings. The molecule has 19 heavy (non-hydrogen) atoms. The summed E-state index contributed by atoms with van der Waals surface area (Å²) >= 11 is 3.38. The number of rotatable bonds is 5. The maximum Gasteiger partial charge on any atom is 0.118 e. The summed E-state index contributed by atoms with van der Waals surface area (Å²) in [5, 5.41) is 3.45. The molecule has 0 aliphatic carbocycles. The van der Waals surface area contributed by atoms with E-state index < -0.39 is 0 Å². The molecule has 0 fully saturated rings. The van der Waals surface area contributed by atoms with Crippen molar-refractivity contribution in [2.24, 2.45) is 0 Å². The zero-order chi connectivity index (χ0) is 13.7. The smallest absolute Gasteiger partial charge is 0.118 e. The van der Waals surface area contributed by atoms with Gasteiger partial charge in [-0.3, -0.25) is 4.98 Å². The Kier molecular flexibility index (Phi) is 4.93. The first-order chi connectivity index (χ1) is 9.19. The van der Waals surface area contributed by atoms with Crippen LogP contribution in [0.4, 0.5) is 0 Å². The molecule has 0 saturated carbocycles. The molecule has 1 atom stereocenters. The van der Waals surface area contributed by atoms with Crippen LogP contribution in [0.2, 0.25) is 0 Å². The lowest BCUT2D eigenvalue weighted by molar-refractivity contribution is 0.414. The summed E-state index contributed by atoms with van der Waals surface area (Å²) < 4.78 is 6.15. The quantitative estimate of drug-likeness (QED) is 0.912. The molecule has 1 aromatic heterocycles. The van der Waals surface area contributed by atoms with Gasteiger partial charge in [0.1, 0.15) is 5.75 Å². The van der Waals surface area contributed by atoms with E-state index in [4.69, 9.17) is 4.74 Å². The van der Waals surface area contributed by atoms with Crippen LogP contribution in [0.25, 0.3) is 0 Å². The van der Waals surface area contributed by atoms with Gasteiger partial charge in [-0.05, 0) is 52.7 Å². The second kappa shape index (κ2) is 6.68. The van der Waals surface area contributed by atoms with E-state index in [0.717, 1.165) is 22.5 Å². The first-order valence-electron chi connectivity index (χ1n) is 6.17. The summed E-state index contributed by atoms with van der Waals surface area (Å²) in [4.78, 5) is 4.34. The molecule has 2 aromatic rings. The third-order valence-corrected chi connectivity index (χ3v) is 3.46. The molecule has 3 nitrogen and oxygen atoms in total. The number of nitrogens with zero attached hydrogens (tertiary/aromatic N) is 1. The topological polar surface area (TPSA) is 34.1 Å². The molecule has 2 rings (SSSR count). The highest BCUT2D eigenvalue weighted by Crippen LogP contribution is 2.17. The molecule has 0 amide bonds. The number of nitrogens with one attached hydrogen (secondary N) is 1. The standard InChI is InChI=1S/C15H17BrN2O/c1-11(12-3-7-15(19-2)8-4-12)17-10-14-6-5-13(16)9-18-14/h3-9,11,17H,10H2,1-2H3/t11-/m0/s1. The van der Waals surface area contributed by atoms with Crippen molar-refractivity contribution in [2.45, 2.75) is 19.5 Å². The van der Waals surface area contributed by atoms with Crippen molar-refractivity contribution in [3.63, 3.8) is 0 Å². The number of pyridine rings is 1. The van der Waals surface area contributed by atoms with E-state index in [2.05, 4.69) is 45.3 Å². The fraction of sp³-hybridized carbons (Fsp3) is 0.267. The van der Waals surface area contributed by atoms with Gasteiger partial charge in [-0.15, -0.1) is 0 Å². The molecule has 0 aliphatic heterocycles. The normalized spacial score (nSPS) is 12.2. The Balaban J connectivity index is 1.93. The minimum atomic E-state index is 0.274. The molecule has 1 N–H and O–H groups in total. The van der Waals surface area contributed by atoms with E-state index in [1.807, 2.05) is 30.5 Å². The zero-order valence-electron chi connectivity index (χ0n) is 11.1. The van der Waals surface area contributed by atoms with E-state index >= 15 is 0 Å². The highest BCUT2D eigenvalue weighted by Gasteiger charge is 2.05. The molecule has 1 aromatic carbocycles. The van der Waals surface area contributed by atoms with Crippen molar-refractivity contribution in [1.29, 1.82) is 0 Å². The highest BCUT2D eigenvalue weighted by atomic mass is 79.9.